The number of hydrogen-bond donors (Lipinski definition) is 0. The molecule has 0 aliphatic rings. The Hall–Kier alpha value is -1.38. The summed E-state index contributed by atoms with van der Waals surface area (Å²) in [6.07, 6.45) is 6.95. The summed E-state index contributed by atoms with van der Waals surface area (Å²) < 4.78 is 18.1. The second kappa shape index (κ2) is 8.68. The van der Waals surface area contributed by atoms with Gasteiger partial charge in [-0.25, -0.2) is 9.18 Å². The lowest BCUT2D eigenvalue weighted by molar-refractivity contribution is 0.0497. The molecule has 0 heterocycles. The Kier molecular flexibility index (Phi) is 7.16. The van der Waals surface area contributed by atoms with E-state index in [1.165, 1.54) is 43.9 Å². The van der Waals surface area contributed by atoms with Crippen molar-refractivity contribution in [1.29, 1.82) is 0 Å². The molecule has 0 amide bonds. The topological polar surface area (TPSA) is 26.3 Å². The summed E-state index contributed by atoms with van der Waals surface area (Å²) in [5.41, 5.74) is 1.07. The van der Waals surface area contributed by atoms with Gasteiger partial charge >= 0.3 is 5.97 Å². The molecule has 0 aromatic heterocycles. The molecular formula is C16H23FO2. The maximum absolute atomic E-state index is 12.9. The number of carbonyl (C=O) groups excluding carboxylic acids is 1. The average molecular weight is 266 g/mol. The number of benzene rings is 1. The fourth-order valence-corrected chi connectivity index (χ4v) is 1.98. The molecule has 0 bridgehead atoms. The van der Waals surface area contributed by atoms with Gasteiger partial charge in [-0.1, -0.05) is 39.0 Å². The molecule has 0 fully saturated rings. The third kappa shape index (κ3) is 5.86. The van der Waals surface area contributed by atoms with Gasteiger partial charge < -0.3 is 4.74 Å². The van der Waals surface area contributed by atoms with Crippen molar-refractivity contribution >= 4 is 5.97 Å². The normalized spacial score (nSPS) is 10.5. The van der Waals surface area contributed by atoms with E-state index in [1.54, 1.807) is 6.92 Å². The van der Waals surface area contributed by atoms with Gasteiger partial charge in [0, 0.05) is 0 Å². The molecule has 2 nitrogen and oxygen atoms in total. The molecule has 0 aliphatic carbocycles. The van der Waals surface area contributed by atoms with Gasteiger partial charge in [-0.3, -0.25) is 0 Å². The lowest BCUT2D eigenvalue weighted by atomic mass is 10.1. The Bertz CT molecular complexity index is 402. The largest absolute Gasteiger partial charge is 0.462 e. The molecule has 0 unspecified atom stereocenters. The van der Waals surface area contributed by atoms with Gasteiger partial charge in [0.2, 0.25) is 0 Å². The van der Waals surface area contributed by atoms with Gasteiger partial charge in [0.25, 0.3) is 0 Å². The minimum absolute atomic E-state index is 0.329. The molecule has 0 spiro atoms. The quantitative estimate of drug-likeness (QED) is 0.505. The van der Waals surface area contributed by atoms with Crippen LogP contribution in [0.15, 0.2) is 18.2 Å². The van der Waals surface area contributed by atoms with Crippen LogP contribution in [-0.2, 0) is 4.74 Å². The van der Waals surface area contributed by atoms with E-state index in [2.05, 4.69) is 6.92 Å². The van der Waals surface area contributed by atoms with E-state index in [1.807, 2.05) is 0 Å². The highest BCUT2D eigenvalue weighted by molar-refractivity contribution is 5.90. The van der Waals surface area contributed by atoms with Gasteiger partial charge in [-0.2, -0.15) is 0 Å². The van der Waals surface area contributed by atoms with Crippen LogP contribution < -0.4 is 0 Å². The number of carbonyl (C=O) groups is 1. The second-order valence-electron chi connectivity index (χ2n) is 4.86. The van der Waals surface area contributed by atoms with E-state index >= 15 is 0 Å². The monoisotopic (exact) mass is 266 g/mol. The first-order valence-electron chi connectivity index (χ1n) is 7.08. The number of rotatable bonds is 8. The summed E-state index contributed by atoms with van der Waals surface area (Å²) in [4.78, 5) is 11.8. The molecule has 1 aromatic rings. The number of unbranched alkanes of at least 4 members (excludes halogenated alkanes) is 5. The van der Waals surface area contributed by atoms with Crippen molar-refractivity contribution in [2.75, 3.05) is 6.61 Å². The first kappa shape index (κ1) is 15.7. The zero-order valence-corrected chi connectivity index (χ0v) is 11.9. The third-order valence-electron chi connectivity index (χ3n) is 3.14. The second-order valence-corrected chi connectivity index (χ2v) is 4.86. The van der Waals surface area contributed by atoms with Crippen LogP contribution in [-0.4, -0.2) is 12.6 Å². The highest BCUT2D eigenvalue weighted by Gasteiger charge is 2.10. The Morgan fingerprint density at radius 2 is 1.84 bits per heavy atom. The van der Waals surface area contributed by atoms with Crippen molar-refractivity contribution in [2.24, 2.45) is 0 Å². The van der Waals surface area contributed by atoms with Crippen LogP contribution in [0.4, 0.5) is 4.39 Å². The summed E-state index contributed by atoms with van der Waals surface area (Å²) >= 11 is 0. The standard InChI is InChI=1S/C16H23FO2/c1-3-4-5-6-7-8-11-19-16(18)15-10-9-14(17)12-13(15)2/h9-10,12H,3-8,11H2,1-2H3. The summed E-state index contributed by atoms with van der Waals surface area (Å²) in [6.45, 7) is 4.35. The first-order chi connectivity index (χ1) is 9.15. The van der Waals surface area contributed by atoms with Crippen molar-refractivity contribution in [3.63, 3.8) is 0 Å². The molecular weight excluding hydrogens is 243 g/mol. The van der Waals surface area contributed by atoms with Crippen molar-refractivity contribution in [3.05, 3.63) is 35.1 Å². The average Bonchev–Trinajstić information content (AvgIpc) is 2.37. The zero-order valence-electron chi connectivity index (χ0n) is 11.9. The molecule has 1 rings (SSSR count). The molecule has 0 atom stereocenters. The lowest BCUT2D eigenvalue weighted by Gasteiger charge is -2.07. The van der Waals surface area contributed by atoms with E-state index in [-0.39, 0.29) is 11.8 Å². The van der Waals surface area contributed by atoms with Gasteiger partial charge in [-0.15, -0.1) is 0 Å². The van der Waals surface area contributed by atoms with Crippen LogP contribution in [0.2, 0.25) is 0 Å². The molecule has 0 aliphatic heterocycles. The van der Waals surface area contributed by atoms with Crippen molar-refractivity contribution in [3.8, 4) is 0 Å². The van der Waals surface area contributed by atoms with Crippen LogP contribution in [0.5, 0.6) is 0 Å². The number of aryl methyl sites for hydroxylation is 1. The first-order valence-corrected chi connectivity index (χ1v) is 7.08. The fraction of sp³-hybridized carbons (Fsp3) is 0.562. The summed E-state index contributed by atoms with van der Waals surface area (Å²) in [7, 11) is 0. The van der Waals surface area contributed by atoms with Gasteiger partial charge in [-0.05, 0) is 37.1 Å². The van der Waals surface area contributed by atoms with Crippen molar-refractivity contribution in [1.82, 2.24) is 0 Å². The molecule has 0 radical (unpaired) electrons. The Labute approximate surface area is 115 Å². The number of hydrogen-bond acceptors (Lipinski definition) is 2. The zero-order chi connectivity index (χ0) is 14.1. The molecule has 0 N–H and O–H groups in total. The SMILES string of the molecule is CCCCCCCCOC(=O)c1ccc(F)cc1C. The molecule has 19 heavy (non-hydrogen) atoms. The van der Waals surface area contributed by atoms with E-state index in [0.717, 1.165) is 12.8 Å². The number of ether oxygens (including phenoxy) is 1. The highest BCUT2D eigenvalue weighted by Crippen LogP contribution is 2.12. The Balaban J connectivity index is 2.24. The van der Waals surface area contributed by atoms with E-state index in [9.17, 15) is 9.18 Å². The summed E-state index contributed by atoms with van der Waals surface area (Å²) in [5, 5.41) is 0. The summed E-state index contributed by atoms with van der Waals surface area (Å²) in [5.74, 6) is -0.684. The van der Waals surface area contributed by atoms with Crippen molar-refractivity contribution in [2.45, 2.75) is 52.4 Å². The molecule has 0 saturated heterocycles. The van der Waals surface area contributed by atoms with Crippen molar-refractivity contribution < 1.29 is 13.9 Å². The summed E-state index contributed by atoms with van der Waals surface area (Å²) in [6, 6.07) is 4.12. The van der Waals surface area contributed by atoms with Crippen LogP contribution in [0.1, 0.15) is 61.4 Å². The minimum Gasteiger partial charge on any atom is -0.462 e. The van der Waals surface area contributed by atoms with Crippen LogP contribution in [0.3, 0.4) is 0 Å². The number of halogens is 1. The predicted octanol–water partition coefficient (Wildman–Crippen LogP) is 4.65. The van der Waals surface area contributed by atoms with Gasteiger partial charge in [0.1, 0.15) is 5.82 Å². The van der Waals surface area contributed by atoms with E-state index in [4.69, 9.17) is 4.74 Å². The van der Waals surface area contributed by atoms with Crippen LogP contribution in [0.25, 0.3) is 0 Å². The minimum atomic E-state index is -0.356. The van der Waals surface area contributed by atoms with E-state index < -0.39 is 0 Å². The molecule has 0 saturated carbocycles. The highest BCUT2D eigenvalue weighted by atomic mass is 19.1. The van der Waals surface area contributed by atoms with Crippen LogP contribution in [0, 0.1) is 12.7 Å². The van der Waals surface area contributed by atoms with Crippen LogP contribution >= 0.6 is 0 Å². The molecule has 1 aromatic carbocycles. The van der Waals surface area contributed by atoms with Gasteiger partial charge in [0.05, 0.1) is 12.2 Å². The molecule has 106 valence electrons. The van der Waals surface area contributed by atoms with Gasteiger partial charge in [0.15, 0.2) is 0 Å². The maximum atomic E-state index is 12.9. The predicted molar refractivity (Wildman–Crippen MR) is 74.8 cm³/mol. The lowest BCUT2D eigenvalue weighted by Crippen LogP contribution is -2.08. The Morgan fingerprint density at radius 1 is 1.16 bits per heavy atom. The molecule has 3 heteroatoms. The smallest absolute Gasteiger partial charge is 0.338 e. The maximum Gasteiger partial charge on any atom is 0.338 e. The number of esters is 1. The third-order valence-corrected chi connectivity index (χ3v) is 3.14. The van der Waals surface area contributed by atoms with E-state index in [0.29, 0.717) is 17.7 Å². The fourth-order valence-electron chi connectivity index (χ4n) is 1.98. The Morgan fingerprint density at radius 3 is 2.53 bits per heavy atom.